The zero-order valence-corrected chi connectivity index (χ0v) is 19.2. The van der Waals surface area contributed by atoms with Crippen LogP contribution >= 0.6 is 0 Å². The summed E-state index contributed by atoms with van der Waals surface area (Å²) >= 11 is 0. The van der Waals surface area contributed by atoms with Crippen molar-refractivity contribution in [2.75, 3.05) is 24.7 Å². The summed E-state index contributed by atoms with van der Waals surface area (Å²) in [6, 6.07) is 14.9. The molecule has 4 rings (SSSR count). The van der Waals surface area contributed by atoms with Gasteiger partial charge in [0.25, 0.3) is 0 Å². The average Bonchev–Trinajstić information content (AvgIpc) is 2.75. The zero-order chi connectivity index (χ0) is 22.5. The molecule has 3 N–H and O–H groups in total. The third kappa shape index (κ3) is 5.54. The molecule has 2 atom stereocenters. The number of amides is 1. The van der Waals surface area contributed by atoms with Crippen LogP contribution < -0.4 is 15.8 Å². The molecule has 2 heterocycles. The van der Waals surface area contributed by atoms with E-state index < -0.39 is 6.09 Å². The fourth-order valence-corrected chi connectivity index (χ4v) is 5.25. The molecular formula is C26H35N3O3. The number of methoxy groups -OCH3 is 1. The molecule has 2 unspecified atom stereocenters. The van der Waals surface area contributed by atoms with Gasteiger partial charge in [-0.1, -0.05) is 24.6 Å². The Morgan fingerprint density at radius 2 is 1.84 bits per heavy atom. The first-order valence-electron chi connectivity index (χ1n) is 11.7. The van der Waals surface area contributed by atoms with Gasteiger partial charge in [-0.05, 0) is 74.5 Å². The number of nitrogens with two attached hydrogens (primary N) is 1. The van der Waals surface area contributed by atoms with E-state index in [0.717, 1.165) is 43.5 Å². The highest BCUT2D eigenvalue weighted by molar-refractivity contribution is 5.87. The lowest BCUT2D eigenvalue weighted by Crippen LogP contribution is -2.54. The van der Waals surface area contributed by atoms with Gasteiger partial charge in [0.2, 0.25) is 0 Å². The number of nitrogens with one attached hydrogen (secondary N) is 1. The number of ether oxygens (including phenoxy) is 2. The molecule has 2 aliphatic heterocycles. The Bertz CT molecular complexity index is 901. The Morgan fingerprint density at radius 3 is 2.53 bits per heavy atom. The Hall–Kier alpha value is -2.73. The normalized spacial score (nSPS) is 22.9. The largest absolute Gasteiger partial charge is 0.495 e. The molecule has 32 heavy (non-hydrogen) atoms. The summed E-state index contributed by atoms with van der Waals surface area (Å²) in [5, 5.41) is 2.87. The van der Waals surface area contributed by atoms with Crippen molar-refractivity contribution < 1.29 is 14.3 Å². The number of hydrogen-bond acceptors (Lipinski definition) is 5. The molecule has 2 aromatic rings. The van der Waals surface area contributed by atoms with E-state index in [0.29, 0.717) is 23.5 Å². The molecule has 0 aliphatic carbocycles. The van der Waals surface area contributed by atoms with Gasteiger partial charge in [-0.25, -0.2) is 4.79 Å². The van der Waals surface area contributed by atoms with E-state index in [1.165, 1.54) is 24.8 Å². The summed E-state index contributed by atoms with van der Waals surface area (Å²) in [7, 11) is 1.60. The second-order valence-electron chi connectivity index (χ2n) is 9.15. The van der Waals surface area contributed by atoms with Gasteiger partial charge in [-0.3, -0.25) is 10.2 Å². The second kappa shape index (κ2) is 10.3. The summed E-state index contributed by atoms with van der Waals surface area (Å²) in [4.78, 5) is 15.3. The number of carbonyl (C=O) groups excluding carboxylic acids is 1. The minimum atomic E-state index is -0.395. The smallest absolute Gasteiger partial charge is 0.412 e. The lowest BCUT2D eigenvalue weighted by molar-refractivity contribution is -0.0305. The van der Waals surface area contributed by atoms with Crippen LogP contribution in [0.15, 0.2) is 42.5 Å². The molecule has 0 radical (unpaired) electrons. The molecule has 2 aliphatic rings. The quantitative estimate of drug-likeness (QED) is 0.586. The number of hydrogen-bond donors (Lipinski definition) is 2. The van der Waals surface area contributed by atoms with Crippen molar-refractivity contribution in [1.29, 1.82) is 0 Å². The first-order chi connectivity index (χ1) is 15.5. The van der Waals surface area contributed by atoms with Crippen LogP contribution in [0.5, 0.6) is 5.75 Å². The first-order valence-corrected chi connectivity index (χ1v) is 11.7. The van der Waals surface area contributed by atoms with E-state index in [-0.39, 0.29) is 6.10 Å². The molecule has 2 aromatic carbocycles. The minimum absolute atomic E-state index is 0.0329. The molecule has 0 spiro atoms. The predicted octanol–water partition coefficient (Wildman–Crippen LogP) is 5.15. The number of rotatable bonds is 7. The van der Waals surface area contributed by atoms with Gasteiger partial charge in [-0.2, -0.15) is 0 Å². The summed E-state index contributed by atoms with van der Waals surface area (Å²) in [6.45, 7) is 3.08. The number of nitrogen functional groups attached to an aromatic ring is 1. The summed E-state index contributed by atoms with van der Waals surface area (Å²) in [5.74, 6) is 0.639. The summed E-state index contributed by atoms with van der Waals surface area (Å²) < 4.78 is 11.2. The standard InChI is InChI=1S/C26H35N3O3/c1-18-8-13-25(31-2)24(15-18)28-26(30)32-23-16-21-6-3-7-22(17-23)29(21)14-4-5-19-9-11-20(27)12-10-19/h8-13,15,21-23H,3-7,14,16-17,27H2,1-2H3,(H,28,30). The van der Waals surface area contributed by atoms with Crippen molar-refractivity contribution in [3.8, 4) is 5.75 Å². The van der Waals surface area contributed by atoms with Crippen molar-refractivity contribution in [2.24, 2.45) is 0 Å². The highest BCUT2D eigenvalue weighted by Gasteiger charge is 2.39. The van der Waals surface area contributed by atoms with Crippen LogP contribution in [-0.4, -0.2) is 42.8 Å². The fourth-order valence-electron chi connectivity index (χ4n) is 5.25. The molecule has 2 saturated heterocycles. The zero-order valence-electron chi connectivity index (χ0n) is 19.2. The van der Waals surface area contributed by atoms with Crippen LogP contribution in [0.4, 0.5) is 16.2 Å². The molecule has 6 heteroatoms. The number of carbonyl (C=O) groups is 1. The monoisotopic (exact) mass is 437 g/mol. The fraction of sp³-hybridized carbons (Fsp3) is 0.500. The minimum Gasteiger partial charge on any atom is -0.495 e. The Labute approximate surface area is 191 Å². The van der Waals surface area contributed by atoms with E-state index in [1.807, 2.05) is 37.3 Å². The van der Waals surface area contributed by atoms with Crippen molar-refractivity contribution in [3.63, 3.8) is 0 Å². The van der Waals surface area contributed by atoms with Crippen LogP contribution in [0.25, 0.3) is 0 Å². The van der Waals surface area contributed by atoms with E-state index in [9.17, 15) is 4.79 Å². The van der Waals surface area contributed by atoms with Gasteiger partial charge in [0.15, 0.2) is 0 Å². The van der Waals surface area contributed by atoms with Crippen LogP contribution in [-0.2, 0) is 11.2 Å². The molecule has 0 saturated carbocycles. The highest BCUT2D eigenvalue weighted by atomic mass is 16.6. The number of nitrogens with zero attached hydrogens (tertiary/aromatic N) is 1. The third-order valence-electron chi connectivity index (χ3n) is 6.81. The second-order valence-corrected chi connectivity index (χ2v) is 9.15. The van der Waals surface area contributed by atoms with Crippen molar-refractivity contribution in [1.82, 2.24) is 4.90 Å². The third-order valence-corrected chi connectivity index (χ3v) is 6.81. The molecule has 1 amide bonds. The highest BCUT2D eigenvalue weighted by Crippen LogP contribution is 2.36. The number of aryl methyl sites for hydroxylation is 2. The molecule has 6 nitrogen and oxygen atoms in total. The van der Waals surface area contributed by atoms with Gasteiger partial charge in [0.05, 0.1) is 12.8 Å². The van der Waals surface area contributed by atoms with Gasteiger partial charge in [0, 0.05) is 30.6 Å². The van der Waals surface area contributed by atoms with Crippen molar-refractivity contribution >= 4 is 17.5 Å². The Kier molecular flexibility index (Phi) is 7.20. The Balaban J connectivity index is 1.29. The number of piperidine rings is 2. The average molecular weight is 438 g/mol. The number of anilines is 2. The van der Waals surface area contributed by atoms with Crippen molar-refractivity contribution in [2.45, 2.75) is 70.1 Å². The van der Waals surface area contributed by atoms with Gasteiger partial charge in [-0.15, -0.1) is 0 Å². The maximum atomic E-state index is 12.6. The molecule has 2 bridgehead atoms. The molecule has 172 valence electrons. The van der Waals surface area contributed by atoms with Gasteiger partial charge < -0.3 is 15.2 Å². The number of benzene rings is 2. The predicted molar refractivity (Wildman–Crippen MR) is 128 cm³/mol. The molecule has 2 fully saturated rings. The topological polar surface area (TPSA) is 76.8 Å². The van der Waals surface area contributed by atoms with E-state index >= 15 is 0 Å². The van der Waals surface area contributed by atoms with Gasteiger partial charge >= 0.3 is 6.09 Å². The Morgan fingerprint density at radius 1 is 1.12 bits per heavy atom. The van der Waals surface area contributed by atoms with E-state index in [1.54, 1.807) is 7.11 Å². The SMILES string of the molecule is COc1ccc(C)cc1NC(=O)OC1CC2CCCC(C1)N2CCCc1ccc(N)cc1. The van der Waals surface area contributed by atoms with E-state index in [2.05, 4.69) is 22.3 Å². The first kappa shape index (κ1) is 22.5. The van der Waals surface area contributed by atoms with Crippen LogP contribution in [0.2, 0.25) is 0 Å². The van der Waals surface area contributed by atoms with Crippen LogP contribution in [0.1, 0.15) is 49.7 Å². The summed E-state index contributed by atoms with van der Waals surface area (Å²) in [6.07, 6.45) is 7.24. The number of fused-ring (bicyclic) bond motifs is 2. The van der Waals surface area contributed by atoms with Crippen LogP contribution in [0, 0.1) is 6.92 Å². The van der Waals surface area contributed by atoms with Crippen LogP contribution in [0.3, 0.4) is 0 Å². The van der Waals surface area contributed by atoms with E-state index in [4.69, 9.17) is 15.2 Å². The maximum absolute atomic E-state index is 12.6. The maximum Gasteiger partial charge on any atom is 0.412 e. The lowest BCUT2D eigenvalue weighted by Gasteiger charge is -2.48. The lowest BCUT2D eigenvalue weighted by atomic mass is 9.82. The molecular weight excluding hydrogens is 402 g/mol. The van der Waals surface area contributed by atoms with Gasteiger partial charge in [0.1, 0.15) is 11.9 Å². The molecule has 0 aromatic heterocycles. The van der Waals surface area contributed by atoms with Crippen molar-refractivity contribution in [3.05, 3.63) is 53.6 Å². The summed E-state index contributed by atoms with van der Waals surface area (Å²) in [5.41, 5.74) is 9.65.